The molecule has 0 aromatic carbocycles. The molecule has 4 atom stereocenters. The lowest BCUT2D eigenvalue weighted by Crippen LogP contribution is -2.29. The van der Waals surface area contributed by atoms with E-state index in [4.69, 9.17) is 23.2 Å². The van der Waals surface area contributed by atoms with Crippen molar-refractivity contribution in [3.63, 3.8) is 0 Å². The van der Waals surface area contributed by atoms with Crippen LogP contribution in [0.25, 0.3) is 0 Å². The summed E-state index contributed by atoms with van der Waals surface area (Å²) < 4.78 is 0. The van der Waals surface area contributed by atoms with Gasteiger partial charge in [-0.2, -0.15) is 0 Å². The van der Waals surface area contributed by atoms with Crippen molar-refractivity contribution < 1.29 is 0 Å². The zero-order valence-corrected chi connectivity index (χ0v) is 10.8. The Kier molecular flexibility index (Phi) is 4.70. The van der Waals surface area contributed by atoms with E-state index in [-0.39, 0.29) is 5.38 Å². The predicted molar refractivity (Wildman–Crippen MR) is 69.4 cm³/mol. The predicted octanol–water partition coefficient (Wildman–Crippen LogP) is 4.49. The molecule has 0 saturated carbocycles. The molecule has 1 radical (unpaired) electrons. The quantitative estimate of drug-likeness (QED) is 0.506. The fourth-order valence-corrected chi connectivity index (χ4v) is 3.54. The van der Waals surface area contributed by atoms with Gasteiger partial charge in [-0.15, -0.1) is 23.2 Å². The van der Waals surface area contributed by atoms with Crippen molar-refractivity contribution in [2.45, 2.75) is 62.0 Å². The van der Waals surface area contributed by atoms with Gasteiger partial charge in [0, 0.05) is 11.3 Å². The number of hydrogen-bond acceptors (Lipinski definition) is 0. The monoisotopic (exact) mass is 245 g/mol. The molecule has 0 spiro atoms. The number of hydrogen-bond donors (Lipinski definition) is 0. The first-order valence-electron chi connectivity index (χ1n) is 6.34. The molecule has 2 aliphatic heterocycles. The standard InChI is InChI=1S/C12H20BCl2/c14-8-11(15)7-5-9-4-6-10-2-1-3-12(9)13-10/h9-12H,1-8H2. The maximum absolute atomic E-state index is 6.08. The van der Waals surface area contributed by atoms with Gasteiger partial charge in [0.25, 0.3) is 0 Å². The highest BCUT2D eigenvalue weighted by molar-refractivity contribution is 6.40. The molecule has 15 heavy (non-hydrogen) atoms. The molecular weight excluding hydrogens is 226 g/mol. The Hall–Kier alpha value is 0.645. The van der Waals surface area contributed by atoms with Crippen LogP contribution in [0.5, 0.6) is 0 Å². The minimum absolute atomic E-state index is 0.188. The maximum Gasteiger partial charge on any atom is 0.118 e. The minimum atomic E-state index is 0.188. The molecule has 0 amide bonds. The summed E-state index contributed by atoms with van der Waals surface area (Å²) in [4.78, 5) is 0. The Morgan fingerprint density at radius 1 is 1.20 bits per heavy atom. The van der Waals surface area contributed by atoms with Crippen molar-refractivity contribution in [3.05, 3.63) is 0 Å². The van der Waals surface area contributed by atoms with Crippen molar-refractivity contribution in [2.75, 3.05) is 5.88 Å². The van der Waals surface area contributed by atoms with Crippen LogP contribution in [0.2, 0.25) is 11.6 Å². The molecule has 2 rings (SSSR count). The van der Waals surface area contributed by atoms with Gasteiger partial charge < -0.3 is 0 Å². The van der Waals surface area contributed by atoms with Gasteiger partial charge in [-0.1, -0.05) is 43.7 Å². The molecule has 0 aromatic heterocycles. The summed E-state index contributed by atoms with van der Waals surface area (Å²) in [6.07, 6.45) is 9.56. The van der Waals surface area contributed by atoms with E-state index in [0.717, 1.165) is 24.0 Å². The summed E-state index contributed by atoms with van der Waals surface area (Å²) in [6.45, 7) is 0. The Bertz CT molecular complexity index is 198. The Labute approximate surface area is 104 Å². The third-order valence-corrected chi connectivity index (χ3v) is 5.07. The maximum atomic E-state index is 6.08. The summed E-state index contributed by atoms with van der Waals surface area (Å²) in [6, 6.07) is 0. The third kappa shape index (κ3) is 3.30. The Balaban J connectivity index is 1.77. The van der Waals surface area contributed by atoms with Gasteiger partial charge in [0.05, 0.1) is 0 Å². The normalized spacial score (nSPS) is 37.1. The summed E-state index contributed by atoms with van der Waals surface area (Å²) in [7, 11) is 2.64. The van der Waals surface area contributed by atoms with E-state index in [9.17, 15) is 0 Å². The second-order valence-electron chi connectivity index (χ2n) is 5.21. The fourth-order valence-electron chi connectivity index (χ4n) is 3.26. The zero-order valence-electron chi connectivity index (χ0n) is 9.30. The van der Waals surface area contributed by atoms with Gasteiger partial charge in [0.2, 0.25) is 0 Å². The van der Waals surface area contributed by atoms with Crippen molar-refractivity contribution in [1.29, 1.82) is 0 Å². The highest BCUT2D eigenvalue weighted by Gasteiger charge is 2.33. The Morgan fingerprint density at radius 3 is 2.87 bits per heavy atom. The van der Waals surface area contributed by atoms with Crippen LogP contribution in [0.15, 0.2) is 0 Å². The molecule has 2 saturated heterocycles. The molecule has 0 aliphatic carbocycles. The van der Waals surface area contributed by atoms with Gasteiger partial charge in [-0.05, 0) is 18.8 Å². The Morgan fingerprint density at radius 2 is 2.07 bits per heavy atom. The van der Waals surface area contributed by atoms with E-state index in [1.54, 1.807) is 0 Å². The van der Waals surface area contributed by atoms with Crippen LogP contribution in [-0.4, -0.2) is 18.5 Å². The van der Waals surface area contributed by atoms with Crippen LogP contribution in [-0.2, 0) is 0 Å². The van der Waals surface area contributed by atoms with E-state index < -0.39 is 0 Å². The lowest BCUT2D eigenvalue weighted by molar-refractivity contribution is 0.319. The first-order valence-corrected chi connectivity index (χ1v) is 7.31. The number of fused-ring (bicyclic) bond motifs is 2. The average molecular weight is 246 g/mol. The molecule has 2 fully saturated rings. The molecule has 4 unspecified atom stereocenters. The molecular formula is C12H20BCl2. The molecule has 2 aliphatic rings. The van der Waals surface area contributed by atoms with Crippen LogP contribution >= 0.6 is 23.2 Å². The van der Waals surface area contributed by atoms with Crippen LogP contribution < -0.4 is 0 Å². The molecule has 0 aromatic rings. The lowest BCUT2D eigenvalue weighted by Gasteiger charge is -2.40. The third-order valence-electron chi connectivity index (χ3n) is 4.16. The van der Waals surface area contributed by atoms with Crippen molar-refractivity contribution in [1.82, 2.24) is 0 Å². The van der Waals surface area contributed by atoms with E-state index in [0.29, 0.717) is 5.88 Å². The van der Waals surface area contributed by atoms with Gasteiger partial charge in [0.1, 0.15) is 7.28 Å². The largest absolute Gasteiger partial charge is 0.125 e. The van der Waals surface area contributed by atoms with E-state index >= 15 is 0 Å². The van der Waals surface area contributed by atoms with Gasteiger partial charge in [-0.25, -0.2) is 0 Å². The second-order valence-corrected chi connectivity index (χ2v) is 6.14. The number of rotatable bonds is 4. The van der Waals surface area contributed by atoms with Gasteiger partial charge in [0.15, 0.2) is 0 Å². The number of halogens is 2. The topological polar surface area (TPSA) is 0 Å². The van der Waals surface area contributed by atoms with Crippen molar-refractivity contribution in [2.24, 2.45) is 5.92 Å². The SMILES string of the molecule is ClCC(Cl)CCC1CCC2[B]C1CCC2. The van der Waals surface area contributed by atoms with Crippen LogP contribution in [0.1, 0.15) is 44.9 Å². The van der Waals surface area contributed by atoms with Gasteiger partial charge in [-0.3, -0.25) is 0 Å². The molecule has 2 heterocycles. The minimum Gasteiger partial charge on any atom is -0.125 e. The highest BCUT2D eigenvalue weighted by atomic mass is 35.5. The van der Waals surface area contributed by atoms with E-state index in [2.05, 4.69) is 7.28 Å². The molecule has 0 N–H and O–H groups in total. The fraction of sp³-hybridized carbons (Fsp3) is 1.00. The van der Waals surface area contributed by atoms with Crippen LogP contribution in [0, 0.1) is 5.92 Å². The first kappa shape index (κ1) is 12.1. The summed E-state index contributed by atoms with van der Waals surface area (Å²) >= 11 is 11.8. The highest BCUT2D eigenvalue weighted by Crippen LogP contribution is 2.46. The molecule has 2 bridgehead atoms. The smallest absolute Gasteiger partial charge is 0.118 e. The van der Waals surface area contributed by atoms with Gasteiger partial charge >= 0.3 is 0 Å². The summed E-state index contributed by atoms with van der Waals surface area (Å²) in [5.41, 5.74) is 0. The van der Waals surface area contributed by atoms with Crippen molar-refractivity contribution in [3.8, 4) is 0 Å². The lowest BCUT2D eigenvalue weighted by atomic mass is 9.41. The van der Waals surface area contributed by atoms with E-state index in [1.165, 1.54) is 38.5 Å². The summed E-state index contributed by atoms with van der Waals surface area (Å²) in [5, 5.41) is 0.188. The average Bonchev–Trinajstić information content (AvgIpc) is 2.28. The molecule has 85 valence electrons. The molecule has 0 nitrogen and oxygen atoms in total. The van der Waals surface area contributed by atoms with Crippen LogP contribution in [0.4, 0.5) is 0 Å². The van der Waals surface area contributed by atoms with E-state index in [1.807, 2.05) is 0 Å². The first-order chi connectivity index (χ1) is 7.29. The zero-order chi connectivity index (χ0) is 10.7. The van der Waals surface area contributed by atoms with Crippen LogP contribution in [0.3, 0.4) is 0 Å². The summed E-state index contributed by atoms with van der Waals surface area (Å²) in [5.74, 6) is 3.35. The second kappa shape index (κ2) is 5.82. The molecule has 3 heteroatoms. The van der Waals surface area contributed by atoms with Crippen molar-refractivity contribution >= 4 is 30.5 Å². The number of alkyl halides is 2.